The SMILES string of the molecule is CC(C)(C)c1c(C(=O)O)cnc2c1CCC2. The van der Waals surface area contributed by atoms with Gasteiger partial charge in [0.2, 0.25) is 0 Å². The number of nitrogens with zero attached hydrogens (tertiary/aromatic N) is 1. The number of carbonyl (C=O) groups is 1. The number of aromatic carboxylic acids is 1. The highest BCUT2D eigenvalue weighted by Crippen LogP contribution is 2.34. The zero-order chi connectivity index (χ0) is 11.9. The van der Waals surface area contributed by atoms with Crippen LogP contribution in [0.15, 0.2) is 6.20 Å². The minimum absolute atomic E-state index is 0.134. The number of aromatic nitrogens is 1. The van der Waals surface area contributed by atoms with Crippen LogP contribution in [0.5, 0.6) is 0 Å². The molecule has 0 saturated carbocycles. The first-order valence-corrected chi connectivity index (χ1v) is 5.66. The minimum atomic E-state index is -0.868. The van der Waals surface area contributed by atoms with E-state index < -0.39 is 5.97 Å². The molecule has 1 aromatic rings. The first-order chi connectivity index (χ1) is 7.41. The Bertz CT molecular complexity index is 444. The molecular formula is C13H17NO2. The summed E-state index contributed by atoms with van der Waals surface area (Å²) in [4.78, 5) is 15.5. The van der Waals surface area contributed by atoms with E-state index in [0.717, 1.165) is 30.5 Å². The molecule has 0 spiro atoms. The van der Waals surface area contributed by atoms with Gasteiger partial charge in [-0.3, -0.25) is 4.98 Å². The Morgan fingerprint density at radius 3 is 2.62 bits per heavy atom. The Morgan fingerprint density at radius 2 is 2.06 bits per heavy atom. The van der Waals surface area contributed by atoms with Crippen molar-refractivity contribution >= 4 is 5.97 Å². The molecule has 0 bridgehead atoms. The predicted octanol–water partition coefficient (Wildman–Crippen LogP) is 2.57. The van der Waals surface area contributed by atoms with Crippen LogP contribution in [0.1, 0.15) is 54.4 Å². The van der Waals surface area contributed by atoms with Gasteiger partial charge in [0, 0.05) is 11.9 Å². The summed E-state index contributed by atoms with van der Waals surface area (Å²) < 4.78 is 0. The van der Waals surface area contributed by atoms with E-state index in [1.165, 1.54) is 11.8 Å². The fourth-order valence-electron chi connectivity index (χ4n) is 2.53. The molecule has 1 aliphatic carbocycles. The predicted molar refractivity (Wildman–Crippen MR) is 61.9 cm³/mol. The Kier molecular flexibility index (Phi) is 2.49. The third kappa shape index (κ3) is 1.70. The van der Waals surface area contributed by atoms with Crippen molar-refractivity contribution in [3.63, 3.8) is 0 Å². The van der Waals surface area contributed by atoms with Crippen molar-refractivity contribution in [3.05, 3.63) is 28.6 Å². The highest BCUT2D eigenvalue weighted by molar-refractivity contribution is 5.90. The summed E-state index contributed by atoms with van der Waals surface area (Å²) in [6, 6.07) is 0. The van der Waals surface area contributed by atoms with E-state index in [0.29, 0.717) is 5.56 Å². The highest BCUT2D eigenvalue weighted by Gasteiger charge is 2.29. The van der Waals surface area contributed by atoms with Crippen molar-refractivity contribution in [1.82, 2.24) is 4.98 Å². The summed E-state index contributed by atoms with van der Waals surface area (Å²) in [5, 5.41) is 9.22. The smallest absolute Gasteiger partial charge is 0.337 e. The molecule has 1 N–H and O–H groups in total. The maximum Gasteiger partial charge on any atom is 0.337 e. The molecule has 0 fully saturated rings. The van der Waals surface area contributed by atoms with Gasteiger partial charge >= 0.3 is 5.97 Å². The summed E-state index contributed by atoms with van der Waals surface area (Å²) in [7, 11) is 0. The second-order valence-electron chi connectivity index (χ2n) is 5.38. The second-order valence-corrected chi connectivity index (χ2v) is 5.38. The molecule has 0 saturated heterocycles. The summed E-state index contributed by atoms with van der Waals surface area (Å²) >= 11 is 0. The number of aryl methyl sites for hydroxylation is 1. The average molecular weight is 219 g/mol. The van der Waals surface area contributed by atoms with E-state index in [4.69, 9.17) is 0 Å². The summed E-state index contributed by atoms with van der Waals surface area (Å²) in [6.45, 7) is 6.19. The van der Waals surface area contributed by atoms with Crippen LogP contribution in [-0.2, 0) is 18.3 Å². The van der Waals surface area contributed by atoms with Crippen molar-refractivity contribution in [3.8, 4) is 0 Å². The van der Waals surface area contributed by atoms with E-state index in [1.54, 1.807) is 0 Å². The second kappa shape index (κ2) is 3.58. The Balaban J connectivity index is 2.70. The van der Waals surface area contributed by atoms with Gasteiger partial charge in [-0.05, 0) is 35.8 Å². The molecule has 1 aliphatic rings. The molecule has 0 unspecified atom stereocenters. The number of hydrogen-bond donors (Lipinski definition) is 1. The zero-order valence-electron chi connectivity index (χ0n) is 10.0. The van der Waals surface area contributed by atoms with Crippen molar-refractivity contribution in [2.24, 2.45) is 0 Å². The van der Waals surface area contributed by atoms with Gasteiger partial charge in [0.25, 0.3) is 0 Å². The van der Waals surface area contributed by atoms with E-state index in [-0.39, 0.29) is 5.41 Å². The third-order valence-electron chi connectivity index (χ3n) is 3.09. The largest absolute Gasteiger partial charge is 0.478 e. The average Bonchev–Trinajstić information content (AvgIpc) is 2.61. The van der Waals surface area contributed by atoms with Crippen LogP contribution in [-0.4, -0.2) is 16.1 Å². The van der Waals surface area contributed by atoms with Gasteiger partial charge in [-0.15, -0.1) is 0 Å². The summed E-state index contributed by atoms with van der Waals surface area (Å²) in [6.07, 6.45) is 4.57. The number of rotatable bonds is 1. The van der Waals surface area contributed by atoms with E-state index >= 15 is 0 Å². The number of fused-ring (bicyclic) bond motifs is 1. The normalized spacial score (nSPS) is 14.9. The Hall–Kier alpha value is -1.38. The van der Waals surface area contributed by atoms with Crippen molar-refractivity contribution < 1.29 is 9.90 Å². The van der Waals surface area contributed by atoms with Crippen LogP contribution in [0, 0.1) is 0 Å². The van der Waals surface area contributed by atoms with Gasteiger partial charge in [0.1, 0.15) is 0 Å². The number of carboxylic acids is 1. The molecule has 0 aromatic carbocycles. The first-order valence-electron chi connectivity index (χ1n) is 5.66. The van der Waals surface area contributed by atoms with Crippen LogP contribution in [0.25, 0.3) is 0 Å². The molecule has 0 amide bonds. The highest BCUT2D eigenvalue weighted by atomic mass is 16.4. The van der Waals surface area contributed by atoms with Crippen molar-refractivity contribution in [2.75, 3.05) is 0 Å². The maximum absolute atomic E-state index is 11.2. The quantitative estimate of drug-likeness (QED) is 0.789. The number of hydrogen-bond acceptors (Lipinski definition) is 2. The topological polar surface area (TPSA) is 50.2 Å². The lowest BCUT2D eigenvalue weighted by atomic mass is 9.81. The maximum atomic E-state index is 11.2. The minimum Gasteiger partial charge on any atom is -0.478 e. The standard InChI is InChI=1S/C13H17NO2/c1-13(2,3)11-8-5-4-6-10(8)14-7-9(11)12(15)16/h7H,4-6H2,1-3H3,(H,15,16). The molecule has 1 aromatic heterocycles. The van der Waals surface area contributed by atoms with Gasteiger partial charge in [-0.2, -0.15) is 0 Å². The van der Waals surface area contributed by atoms with Crippen LogP contribution in [0.4, 0.5) is 0 Å². The van der Waals surface area contributed by atoms with Gasteiger partial charge in [-0.25, -0.2) is 4.79 Å². The van der Waals surface area contributed by atoms with Gasteiger partial charge in [-0.1, -0.05) is 20.8 Å². The lowest BCUT2D eigenvalue weighted by Gasteiger charge is -2.24. The van der Waals surface area contributed by atoms with Gasteiger partial charge in [0.05, 0.1) is 5.56 Å². The molecule has 2 rings (SSSR count). The van der Waals surface area contributed by atoms with Crippen LogP contribution in [0.2, 0.25) is 0 Å². The molecule has 0 aliphatic heterocycles. The lowest BCUT2D eigenvalue weighted by Crippen LogP contribution is -2.20. The fraction of sp³-hybridized carbons (Fsp3) is 0.538. The number of pyridine rings is 1. The summed E-state index contributed by atoms with van der Waals surface area (Å²) in [5.41, 5.74) is 3.48. The van der Waals surface area contributed by atoms with Gasteiger partial charge in [0.15, 0.2) is 0 Å². The molecule has 0 radical (unpaired) electrons. The molecule has 86 valence electrons. The third-order valence-corrected chi connectivity index (χ3v) is 3.09. The molecule has 1 heterocycles. The van der Waals surface area contributed by atoms with Crippen LogP contribution < -0.4 is 0 Å². The van der Waals surface area contributed by atoms with Gasteiger partial charge < -0.3 is 5.11 Å². The molecule has 3 nitrogen and oxygen atoms in total. The first kappa shape index (κ1) is 11.1. The number of carboxylic acid groups (broad SMARTS) is 1. The van der Waals surface area contributed by atoms with Crippen LogP contribution in [0.3, 0.4) is 0 Å². The Labute approximate surface area is 95.5 Å². The van der Waals surface area contributed by atoms with Crippen molar-refractivity contribution in [1.29, 1.82) is 0 Å². The van der Waals surface area contributed by atoms with E-state index in [2.05, 4.69) is 25.8 Å². The van der Waals surface area contributed by atoms with E-state index in [9.17, 15) is 9.90 Å². The molecule has 0 atom stereocenters. The van der Waals surface area contributed by atoms with E-state index in [1.807, 2.05) is 0 Å². The van der Waals surface area contributed by atoms with Crippen LogP contribution >= 0.6 is 0 Å². The fourth-order valence-corrected chi connectivity index (χ4v) is 2.53. The molecular weight excluding hydrogens is 202 g/mol. The monoisotopic (exact) mass is 219 g/mol. The summed E-state index contributed by atoms with van der Waals surface area (Å²) in [5.74, 6) is -0.868. The van der Waals surface area contributed by atoms with Crippen molar-refractivity contribution in [2.45, 2.75) is 45.4 Å². The lowest BCUT2D eigenvalue weighted by molar-refractivity contribution is 0.0693. The Morgan fingerprint density at radius 1 is 1.38 bits per heavy atom. The molecule has 16 heavy (non-hydrogen) atoms. The molecule has 3 heteroatoms. The zero-order valence-corrected chi connectivity index (χ0v) is 10.0.